The molecule has 0 saturated carbocycles. The molecule has 0 aliphatic carbocycles. The van der Waals surface area contributed by atoms with Crippen molar-refractivity contribution in [1.82, 2.24) is 10.3 Å². The van der Waals surface area contributed by atoms with Crippen LogP contribution in [0.25, 0.3) is 0 Å². The molecule has 0 aromatic carbocycles. The average molecular weight is 204 g/mol. The van der Waals surface area contributed by atoms with Crippen molar-refractivity contribution in [2.75, 3.05) is 13.1 Å². The summed E-state index contributed by atoms with van der Waals surface area (Å²) in [6.45, 7) is 6.59. The van der Waals surface area contributed by atoms with E-state index in [1.54, 1.807) is 0 Å². The molecule has 1 atom stereocenters. The molecule has 1 aliphatic rings. The Labute approximate surface area is 92.1 Å². The van der Waals surface area contributed by atoms with Gasteiger partial charge in [-0.1, -0.05) is 19.4 Å². The van der Waals surface area contributed by atoms with Gasteiger partial charge in [0, 0.05) is 17.9 Å². The molecule has 1 saturated heterocycles. The minimum absolute atomic E-state index is 0.694. The molecule has 0 unspecified atom stereocenters. The molecule has 0 radical (unpaired) electrons. The van der Waals surface area contributed by atoms with Gasteiger partial charge < -0.3 is 5.32 Å². The van der Waals surface area contributed by atoms with E-state index < -0.39 is 0 Å². The summed E-state index contributed by atoms with van der Waals surface area (Å²) in [5.41, 5.74) is 3.95. The van der Waals surface area contributed by atoms with E-state index in [-0.39, 0.29) is 0 Å². The molecule has 15 heavy (non-hydrogen) atoms. The highest BCUT2D eigenvalue weighted by Crippen LogP contribution is 2.25. The fourth-order valence-electron chi connectivity index (χ4n) is 2.35. The Morgan fingerprint density at radius 1 is 1.47 bits per heavy atom. The van der Waals surface area contributed by atoms with Crippen LogP contribution in [-0.4, -0.2) is 18.1 Å². The van der Waals surface area contributed by atoms with Crippen LogP contribution < -0.4 is 5.32 Å². The predicted octanol–water partition coefficient (Wildman–Crippen LogP) is 2.42. The molecule has 0 bridgehead atoms. The molecule has 1 N–H and O–H groups in total. The van der Waals surface area contributed by atoms with Crippen LogP contribution in [0.2, 0.25) is 0 Å². The van der Waals surface area contributed by atoms with Gasteiger partial charge in [-0.15, -0.1) is 0 Å². The van der Waals surface area contributed by atoms with Gasteiger partial charge in [-0.05, 0) is 43.9 Å². The fraction of sp³-hybridized carbons (Fsp3) is 0.615. The maximum absolute atomic E-state index is 4.68. The van der Waals surface area contributed by atoms with Crippen LogP contribution in [0.1, 0.15) is 42.6 Å². The number of aryl methyl sites for hydroxylation is 2. The van der Waals surface area contributed by atoms with E-state index >= 15 is 0 Å². The lowest BCUT2D eigenvalue weighted by Gasteiger charge is -2.14. The molecule has 2 heterocycles. The quantitative estimate of drug-likeness (QED) is 0.818. The molecule has 1 fully saturated rings. The summed E-state index contributed by atoms with van der Waals surface area (Å²) in [4.78, 5) is 4.68. The Hall–Kier alpha value is -0.890. The number of pyridine rings is 1. The Balaban J connectivity index is 2.27. The maximum atomic E-state index is 4.68. The zero-order chi connectivity index (χ0) is 10.7. The number of hydrogen-bond donors (Lipinski definition) is 1. The van der Waals surface area contributed by atoms with E-state index in [4.69, 9.17) is 0 Å². The first-order chi connectivity index (χ1) is 7.31. The van der Waals surface area contributed by atoms with E-state index in [9.17, 15) is 0 Å². The minimum Gasteiger partial charge on any atom is -0.316 e. The van der Waals surface area contributed by atoms with Crippen molar-refractivity contribution in [3.05, 3.63) is 29.1 Å². The number of rotatable bonds is 3. The highest BCUT2D eigenvalue weighted by atomic mass is 14.9. The standard InChI is InChI=1S/C13H20N2/c1-3-4-13-12(6-5-10(2)15-13)11-7-8-14-9-11/h5-6,11,14H,3-4,7-9H2,1-2H3/t11-/m0/s1. The van der Waals surface area contributed by atoms with Crippen LogP contribution in [0.3, 0.4) is 0 Å². The van der Waals surface area contributed by atoms with E-state index in [1.165, 1.54) is 24.1 Å². The minimum atomic E-state index is 0.694. The predicted molar refractivity (Wildman–Crippen MR) is 63.2 cm³/mol. The van der Waals surface area contributed by atoms with Crippen molar-refractivity contribution in [2.45, 2.75) is 39.0 Å². The molecule has 2 nitrogen and oxygen atoms in total. The first kappa shape index (κ1) is 10.6. The van der Waals surface area contributed by atoms with Gasteiger partial charge in [0.1, 0.15) is 0 Å². The van der Waals surface area contributed by atoms with Crippen LogP contribution in [0.15, 0.2) is 12.1 Å². The number of hydrogen-bond acceptors (Lipinski definition) is 2. The zero-order valence-corrected chi connectivity index (χ0v) is 9.71. The van der Waals surface area contributed by atoms with E-state index in [1.807, 2.05) is 0 Å². The van der Waals surface area contributed by atoms with E-state index in [2.05, 4.69) is 36.3 Å². The smallest absolute Gasteiger partial charge is 0.0441 e. The summed E-state index contributed by atoms with van der Waals surface area (Å²) in [6, 6.07) is 4.43. The van der Waals surface area contributed by atoms with Crippen LogP contribution >= 0.6 is 0 Å². The third-order valence-electron chi connectivity index (χ3n) is 3.14. The topological polar surface area (TPSA) is 24.9 Å². The monoisotopic (exact) mass is 204 g/mol. The summed E-state index contributed by atoms with van der Waals surface area (Å²) in [5, 5.41) is 3.43. The van der Waals surface area contributed by atoms with Gasteiger partial charge in [0.05, 0.1) is 0 Å². The third kappa shape index (κ3) is 2.37. The normalized spacial score (nSPS) is 20.8. The largest absolute Gasteiger partial charge is 0.316 e. The van der Waals surface area contributed by atoms with Gasteiger partial charge in [0.25, 0.3) is 0 Å². The Kier molecular flexibility index (Phi) is 3.37. The molecule has 2 heteroatoms. The van der Waals surface area contributed by atoms with Crippen molar-refractivity contribution in [1.29, 1.82) is 0 Å². The summed E-state index contributed by atoms with van der Waals surface area (Å²) < 4.78 is 0. The average Bonchev–Trinajstić information content (AvgIpc) is 2.71. The molecule has 2 rings (SSSR count). The van der Waals surface area contributed by atoms with Crippen LogP contribution in [0.5, 0.6) is 0 Å². The van der Waals surface area contributed by atoms with Crippen LogP contribution in [-0.2, 0) is 6.42 Å². The summed E-state index contributed by atoms with van der Waals surface area (Å²) in [6.07, 6.45) is 3.57. The molecule has 1 aromatic heterocycles. The highest BCUT2D eigenvalue weighted by Gasteiger charge is 2.19. The molecule has 0 amide bonds. The SMILES string of the molecule is CCCc1nc(C)ccc1[C@H]1CCNC1. The molecule has 82 valence electrons. The van der Waals surface area contributed by atoms with Crippen molar-refractivity contribution in [3.63, 3.8) is 0 Å². The van der Waals surface area contributed by atoms with Crippen molar-refractivity contribution < 1.29 is 0 Å². The van der Waals surface area contributed by atoms with Crippen molar-refractivity contribution in [2.24, 2.45) is 0 Å². The zero-order valence-electron chi connectivity index (χ0n) is 9.71. The third-order valence-corrected chi connectivity index (χ3v) is 3.14. The number of nitrogens with one attached hydrogen (secondary N) is 1. The van der Waals surface area contributed by atoms with E-state index in [0.717, 1.165) is 25.2 Å². The van der Waals surface area contributed by atoms with Gasteiger partial charge >= 0.3 is 0 Å². The molecule has 1 aliphatic heterocycles. The maximum Gasteiger partial charge on any atom is 0.0441 e. The number of nitrogens with zero attached hydrogens (tertiary/aromatic N) is 1. The molecular formula is C13H20N2. The van der Waals surface area contributed by atoms with Crippen LogP contribution in [0, 0.1) is 6.92 Å². The first-order valence-electron chi connectivity index (χ1n) is 5.98. The Morgan fingerprint density at radius 2 is 2.33 bits per heavy atom. The first-order valence-corrected chi connectivity index (χ1v) is 5.98. The second-order valence-corrected chi connectivity index (χ2v) is 4.43. The van der Waals surface area contributed by atoms with Gasteiger partial charge in [0.2, 0.25) is 0 Å². The van der Waals surface area contributed by atoms with Crippen molar-refractivity contribution >= 4 is 0 Å². The second kappa shape index (κ2) is 4.75. The van der Waals surface area contributed by atoms with Gasteiger partial charge in [-0.3, -0.25) is 4.98 Å². The highest BCUT2D eigenvalue weighted by molar-refractivity contribution is 5.28. The van der Waals surface area contributed by atoms with Gasteiger partial charge in [0.15, 0.2) is 0 Å². The molecular weight excluding hydrogens is 184 g/mol. The van der Waals surface area contributed by atoms with Crippen LogP contribution in [0.4, 0.5) is 0 Å². The number of aromatic nitrogens is 1. The fourth-order valence-corrected chi connectivity index (χ4v) is 2.35. The molecule has 1 aromatic rings. The van der Waals surface area contributed by atoms with Gasteiger partial charge in [-0.2, -0.15) is 0 Å². The van der Waals surface area contributed by atoms with E-state index in [0.29, 0.717) is 5.92 Å². The summed E-state index contributed by atoms with van der Waals surface area (Å²) >= 11 is 0. The Bertz CT molecular complexity index is 327. The lowest BCUT2D eigenvalue weighted by atomic mass is 9.95. The summed E-state index contributed by atoms with van der Waals surface area (Å²) in [5.74, 6) is 0.694. The summed E-state index contributed by atoms with van der Waals surface area (Å²) in [7, 11) is 0. The lowest BCUT2D eigenvalue weighted by Crippen LogP contribution is -2.10. The second-order valence-electron chi connectivity index (χ2n) is 4.43. The molecule has 0 spiro atoms. The van der Waals surface area contributed by atoms with Gasteiger partial charge in [-0.25, -0.2) is 0 Å². The lowest BCUT2D eigenvalue weighted by molar-refractivity contribution is 0.728. The van der Waals surface area contributed by atoms with Crippen molar-refractivity contribution in [3.8, 4) is 0 Å². The Morgan fingerprint density at radius 3 is 3.00 bits per heavy atom.